The van der Waals surface area contributed by atoms with Gasteiger partial charge in [-0.05, 0) is 32.9 Å². The van der Waals surface area contributed by atoms with Gasteiger partial charge in [0, 0.05) is 20.1 Å². The molecule has 1 aliphatic heterocycles. The summed E-state index contributed by atoms with van der Waals surface area (Å²) < 4.78 is 0.958. The number of amides is 3. The highest BCUT2D eigenvalue weighted by atomic mass is 79.9. The van der Waals surface area contributed by atoms with E-state index in [0.29, 0.717) is 6.54 Å². The fourth-order valence-corrected chi connectivity index (χ4v) is 3.25. The summed E-state index contributed by atoms with van der Waals surface area (Å²) in [6.45, 7) is 0.0383. The molecule has 0 saturated carbocycles. The van der Waals surface area contributed by atoms with Crippen LogP contribution in [0.5, 0.6) is 0 Å². The van der Waals surface area contributed by atoms with Crippen molar-refractivity contribution in [3.05, 3.63) is 20.8 Å². The Bertz CT molecular complexity index is 577. The fourth-order valence-electron chi connectivity index (χ4n) is 2.05. The molecular formula is C12H14BrN3O4S. The Morgan fingerprint density at radius 3 is 2.90 bits per heavy atom. The maximum Gasteiger partial charge on any atom is 0.328 e. The Kier molecular flexibility index (Phi) is 4.84. The van der Waals surface area contributed by atoms with E-state index in [0.717, 1.165) is 14.2 Å². The number of aliphatic carboxylic acids is 1. The van der Waals surface area contributed by atoms with Crippen LogP contribution in [0.3, 0.4) is 0 Å². The number of halogens is 1. The van der Waals surface area contributed by atoms with E-state index in [2.05, 4.69) is 21.2 Å². The van der Waals surface area contributed by atoms with Crippen LogP contribution >= 0.6 is 27.3 Å². The van der Waals surface area contributed by atoms with Crippen LogP contribution in [-0.2, 0) is 16.1 Å². The first-order chi connectivity index (χ1) is 9.88. The van der Waals surface area contributed by atoms with Crippen molar-refractivity contribution >= 4 is 45.2 Å². The molecule has 9 heteroatoms. The minimum absolute atomic E-state index is 0.0717. The van der Waals surface area contributed by atoms with Crippen molar-refractivity contribution in [3.63, 3.8) is 0 Å². The number of urea groups is 1. The molecule has 2 N–H and O–H groups in total. The molecule has 1 unspecified atom stereocenters. The molecule has 1 aliphatic rings. The van der Waals surface area contributed by atoms with E-state index >= 15 is 0 Å². The quantitative estimate of drug-likeness (QED) is 0.822. The number of carbonyl (C=O) groups is 3. The maximum absolute atomic E-state index is 12.4. The molecule has 21 heavy (non-hydrogen) atoms. The number of carboxylic acid groups (broad SMARTS) is 1. The highest BCUT2D eigenvalue weighted by Crippen LogP contribution is 2.22. The third-order valence-electron chi connectivity index (χ3n) is 3.08. The van der Waals surface area contributed by atoms with Crippen molar-refractivity contribution in [2.45, 2.75) is 12.6 Å². The average Bonchev–Trinajstić information content (AvgIpc) is 2.82. The second kappa shape index (κ2) is 6.44. The van der Waals surface area contributed by atoms with Gasteiger partial charge in [0.25, 0.3) is 0 Å². The van der Waals surface area contributed by atoms with Crippen molar-refractivity contribution in [2.75, 3.05) is 20.1 Å². The first kappa shape index (κ1) is 15.8. The van der Waals surface area contributed by atoms with Crippen LogP contribution in [-0.4, -0.2) is 59.0 Å². The molecule has 0 radical (unpaired) electrons. The molecule has 1 aromatic rings. The van der Waals surface area contributed by atoms with Crippen molar-refractivity contribution in [2.24, 2.45) is 0 Å². The molecule has 7 nitrogen and oxygen atoms in total. The lowest BCUT2D eigenvalue weighted by molar-refractivity contribution is -0.144. The Hall–Kier alpha value is -1.61. The number of nitrogens with zero attached hydrogens (tertiary/aromatic N) is 2. The van der Waals surface area contributed by atoms with Gasteiger partial charge in [0.2, 0.25) is 5.91 Å². The Morgan fingerprint density at radius 1 is 1.62 bits per heavy atom. The largest absolute Gasteiger partial charge is 0.480 e. The lowest BCUT2D eigenvalue weighted by Gasteiger charge is -2.35. The van der Waals surface area contributed by atoms with E-state index in [4.69, 9.17) is 5.11 Å². The number of carbonyl (C=O) groups excluding carboxylic acids is 2. The van der Waals surface area contributed by atoms with Crippen LogP contribution < -0.4 is 5.32 Å². The molecule has 3 amide bonds. The highest BCUT2D eigenvalue weighted by Gasteiger charge is 2.36. The number of hydrogen-bond donors (Lipinski definition) is 2. The van der Waals surface area contributed by atoms with E-state index in [1.165, 1.54) is 16.2 Å². The summed E-state index contributed by atoms with van der Waals surface area (Å²) in [6.07, 6.45) is 0. The second-order valence-electron chi connectivity index (χ2n) is 4.68. The topological polar surface area (TPSA) is 90.0 Å². The third kappa shape index (κ3) is 3.73. The molecule has 1 saturated heterocycles. The van der Waals surface area contributed by atoms with Crippen molar-refractivity contribution in [1.82, 2.24) is 15.1 Å². The van der Waals surface area contributed by atoms with Gasteiger partial charge in [0.1, 0.15) is 12.6 Å². The predicted octanol–water partition coefficient (Wildman–Crippen LogP) is 0.947. The van der Waals surface area contributed by atoms with Gasteiger partial charge in [-0.1, -0.05) is 0 Å². The van der Waals surface area contributed by atoms with E-state index in [-0.39, 0.29) is 19.0 Å². The zero-order valence-electron chi connectivity index (χ0n) is 11.2. The molecule has 0 spiro atoms. The average molecular weight is 376 g/mol. The maximum atomic E-state index is 12.4. The molecule has 0 aromatic carbocycles. The van der Waals surface area contributed by atoms with E-state index in [1.807, 2.05) is 11.4 Å². The Balaban J connectivity index is 2.08. The molecular weight excluding hydrogens is 362 g/mol. The van der Waals surface area contributed by atoms with E-state index in [1.54, 1.807) is 7.05 Å². The monoisotopic (exact) mass is 375 g/mol. The number of hydrogen-bond acceptors (Lipinski definition) is 4. The second-order valence-corrected chi connectivity index (χ2v) is 6.97. The van der Waals surface area contributed by atoms with E-state index in [9.17, 15) is 14.4 Å². The molecule has 1 atom stereocenters. The number of piperazine rings is 1. The molecule has 114 valence electrons. The number of nitrogens with one attached hydrogen (secondary N) is 1. The molecule has 1 fully saturated rings. The summed E-state index contributed by atoms with van der Waals surface area (Å²) in [7, 11) is 1.58. The predicted molar refractivity (Wildman–Crippen MR) is 80.0 cm³/mol. The Morgan fingerprint density at radius 2 is 2.33 bits per heavy atom. The molecule has 1 aromatic heterocycles. The summed E-state index contributed by atoms with van der Waals surface area (Å²) in [6, 6.07) is 0.387. The van der Waals surface area contributed by atoms with Gasteiger partial charge in [-0.25, -0.2) is 9.59 Å². The SMILES string of the molecule is CN(Cc1csc(Br)c1)C(=O)N1CC(=O)NCC1C(=O)O. The minimum Gasteiger partial charge on any atom is -0.480 e. The summed E-state index contributed by atoms with van der Waals surface area (Å²) in [5, 5.41) is 13.5. The first-order valence-electron chi connectivity index (χ1n) is 6.12. The molecule has 0 bridgehead atoms. The normalized spacial score (nSPS) is 18.3. The van der Waals surface area contributed by atoms with Gasteiger partial charge in [-0.3, -0.25) is 9.69 Å². The minimum atomic E-state index is -1.13. The Labute approximate surface area is 133 Å². The summed E-state index contributed by atoms with van der Waals surface area (Å²) in [4.78, 5) is 37.5. The van der Waals surface area contributed by atoms with Gasteiger partial charge in [-0.15, -0.1) is 11.3 Å². The number of thiophene rings is 1. The number of carboxylic acids is 1. The molecule has 2 rings (SSSR count). The standard InChI is InChI=1S/C12H14BrN3O4S/c1-15(4-7-2-9(13)21-6-7)12(20)16-5-10(17)14-3-8(16)11(18)19/h2,6,8H,3-5H2,1H3,(H,14,17)(H,18,19). The number of rotatable bonds is 3. The zero-order valence-corrected chi connectivity index (χ0v) is 13.6. The van der Waals surface area contributed by atoms with Gasteiger partial charge >= 0.3 is 12.0 Å². The van der Waals surface area contributed by atoms with Crippen molar-refractivity contribution in [3.8, 4) is 0 Å². The lowest BCUT2D eigenvalue weighted by Crippen LogP contribution is -2.61. The van der Waals surface area contributed by atoms with Crippen LogP contribution in [0, 0.1) is 0 Å². The molecule has 0 aliphatic carbocycles. The van der Waals surface area contributed by atoms with Gasteiger partial charge in [0.05, 0.1) is 3.79 Å². The van der Waals surface area contributed by atoms with Gasteiger partial charge in [-0.2, -0.15) is 0 Å². The fraction of sp³-hybridized carbons (Fsp3) is 0.417. The van der Waals surface area contributed by atoms with Crippen LogP contribution in [0.25, 0.3) is 0 Å². The van der Waals surface area contributed by atoms with Crippen LogP contribution in [0.15, 0.2) is 15.2 Å². The highest BCUT2D eigenvalue weighted by molar-refractivity contribution is 9.11. The zero-order chi connectivity index (χ0) is 15.6. The van der Waals surface area contributed by atoms with Gasteiger partial charge < -0.3 is 15.3 Å². The summed E-state index contributed by atoms with van der Waals surface area (Å²) >= 11 is 4.85. The van der Waals surface area contributed by atoms with Crippen LogP contribution in [0.1, 0.15) is 5.56 Å². The smallest absolute Gasteiger partial charge is 0.328 e. The molecule has 2 heterocycles. The van der Waals surface area contributed by atoms with E-state index < -0.39 is 18.0 Å². The van der Waals surface area contributed by atoms with Crippen LogP contribution in [0.2, 0.25) is 0 Å². The van der Waals surface area contributed by atoms with Gasteiger partial charge in [0.15, 0.2) is 0 Å². The summed E-state index contributed by atoms with van der Waals surface area (Å²) in [5.74, 6) is -1.48. The third-order valence-corrected chi connectivity index (χ3v) is 4.63. The first-order valence-corrected chi connectivity index (χ1v) is 7.80. The summed E-state index contributed by atoms with van der Waals surface area (Å²) in [5.41, 5.74) is 0.941. The van der Waals surface area contributed by atoms with Crippen molar-refractivity contribution in [1.29, 1.82) is 0 Å². The lowest BCUT2D eigenvalue weighted by atomic mass is 10.2. The van der Waals surface area contributed by atoms with Crippen LogP contribution in [0.4, 0.5) is 4.79 Å². The van der Waals surface area contributed by atoms with Crippen molar-refractivity contribution < 1.29 is 19.5 Å².